The van der Waals surface area contributed by atoms with Gasteiger partial charge in [0.05, 0.1) is 6.04 Å². The molecule has 0 saturated carbocycles. The summed E-state index contributed by atoms with van der Waals surface area (Å²) in [7, 11) is 0. The van der Waals surface area contributed by atoms with E-state index in [0.29, 0.717) is 6.04 Å². The highest BCUT2D eigenvalue weighted by atomic mass is 15.6. The van der Waals surface area contributed by atoms with Crippen molar-refractivity contribution < 1.29 is 0 Å². The predicted octanol–water partition coefficient (Wildman–Crippen LogP) is 2.38. The Morgan fingerprint density at radius 3 is 2.57 bits per heavy atom. The molecular weight excluding hydrogens is 176 g/mol. The lowest BCUT2D eigenvalue weighted by Crippen LogP contribution is -2.05. The summed E-state index contributed by atoms with van der Waals surface area (Å²) < 4.78 is 0. The summed E-state index contributed by atoms with van der Waals surface area (Å²) in [6, 6.07) is 0.312. The van der Waals surface area contributed by atoms with Gasteiger partial charge in [-0.2, -0.15) is 4.80 Å². The van der Waals surface area contributed by atoms with Crippen LogP contribution in [-0.2, 0) is 6.42 Å². The molecule has 4 nitrogen and oxygen atoms in total. The molecule has 0 aliphatic carbocycles. The lowest BCUT2D eigenvalue weighted by Gasteiger charge is -1.99. The van der Waals surface area contributed by atoms with Gasteiger partial charge < -0.3 is 0 Å². The minimum atomic E-state index is 0.312. The molecular formula is C10H20N4. The number of nitrogens with zero attached hydrogens (tertiary/aromatic N) is 4. The Hall–Kier alpha value is -0.930. The van der Waals surface area contributed by atoms with Crippen LogP contribution in [0.15, 0.2) is 0 Å². The van der Waals surface area contributed by atoms with E-state index in [0.717, 1.165) is 12.2 Å². The van der Waals surface area contributed by atoms with Gasteiger partial charge in [-0.25, -0.2) is 0 Å². The molecule has 0 bridgehead atoms. The van der Waals surface area contributed by atoms with Crippen LogP contribution in [0.3, 0.4) is 0 Å². The van der Waals surface area contributed by atoms with E-state index in [-0.39, 0.29) is 0 Å². The summed E-state index contributed by atoms with van der Waals surface area (Å²) in [5.41, 5.74) is 0. The maximum atomic E-state index is 4.30. The zero-order valence-corrected chi connectivity index (χ0v) is 9.40. The fourth-order valence-electron chi connectivity index (χ4n) is 1.28. The first kappa shape index (κ1) is 11.1. The van der Waals surface area contributed by atoms with Crippen molar-refractivity contribution in [2.75, 3.05) is 0 Å². The van der Waals surface area contributed by atoms with E-state index in [1.54, 1.807) is 4.80 Å². The summed E-state index contributed by atoms with van der Waals surface area (Å²) in [5, 5.41) is 12.3. The molecule has 14 heavy (non-hydrogen) atoms. The summed E-state index contributed by atoms with van der Waals surface area (Å²) in [4.78, 5) is 1.68. The fraction of sp³-hybridized carbons (Fsp3) is 0.900. The molecule has 0 amide bonds. The number of hydrogen-bond donors (Lipinski definition) is 0. The second-order valence-corrected chi connectivity index (χ2v) is 3.93. The van der Waals surface area contributed by atoms with Crippen molar-refractivity contribution in [1.82, 2.24) is 20.2 Å². The van der Waals surface area contributed by atoms with Gasteiger partial charge in [-0.3, -0.25) is 0 Å². The molecule has 4 heteroatoms. The maximum Gasteiger partial charge on any atom is 0.174 e. The molecule has 1 aromatic rings. The molecule has 0 fully saturated rings. The topological polar surface area (TPSA) is 43.6 Å². The molecule has 1 heterocycles. The molecule has 0 spiro atoms. The van der Waals surface area contributed by atoms with Crippen LogP contribution in [0.5, 0.6) is 0 Å². The highest BCUT2D eigenvalue weighted by Gasteiger charge is 2.04. The number of aromatic nitrogens is 4. The van der Waals surface area contributed by atoms with E-state index in [1.165, 1.54) is 25.7 Å². The van der Waals surface area contributed by atoms with Crippen LogP contribution in [0, 0.1) is 0 Å². The normalized spacial score (nSPS) is 11.1. The van der Waals surface area contributed by atoms with E-state index in [2.05, 4.69) is 36.2 Å². The van der Waals surface area contributed by atoms with E-state index in [9.17, 15) is 0 Å². The maximum absolute atomic E-state index is 4.30. The smallest absolute Gasteiger partial charge is 0.162 e. The van der Waals surface area contributed by atoms with Crippen molar-refractivity contribution in [3.05, 3.63) is 5.82 Å². The van der Waals surface area contributed by atoms with Gasteiger partial charge in [-0.05, 0) is 25.5 Å². The minimum Gasteiger partial charge on any atom is -0.162 e. The van der Waals surface area contributed by atoms with Crippen molar-refractivity contribution >= 4 is 0 Å². The third-order valence-corrected chi connectivity index (χ3v) is 2.19. The summed E-state index contributed by atoms with van der Waals surface area (Å²) in [6.45, 7) is 6.33. The van der Waals surface area contributed by atoms with Gasteiger partial charge in [0.1, 0.15) is 0 Å². The third-order valence-electron chi connectivity index (χ3n) is 2.19. The zero-order valence-electron chi connectivity index (χ0n) is 9.40. The predicted molar refractivity (Wildman–Crippen MR) is 56.0 cm³/mol. The molecule has 0 saturated heterocycles. The summed E-state index contributed by atoms with van der Waals surface area (Å²) >= 11 is 0. The molecule has 0 aromatic carbocycles. The SMILES string of the molecule is CCCCCCc1nnn(C(C)C)n1. The van der Waals surface area contributed by atoms with Gasteiger partial charge in [0.2, 0.25) is 0 Å². The second-order valence-electron chi connectivity index (χ2n) is 3.93. The fourth-order valence-corrected chi connectivity index (χ4v) is 1.28. The van der Waals surface area contributed by atoms with Gasteiger partial charge in [0.25, 0.3) is 0 Å². The molecule has 1 aromatic heterocycles. The number of tetrazole rings is 1. The van der Waals surface area contributed by atoms with Gasteiger partial charge in [0, 0.05) is 6.42 Å². The van der Waals surface area contributed by atoms with E-state index in [4.69, 9.17) is 0 Å². The average molecular weight is 196 g/mol. The van der Waals surface area contributed by atoms with E-state index >= 15 is 0 Å². The first-order valence-electron chi connectivity index (χ1n) is 5.52. The van der Waals surface area contributed by atoms with Crippen LogP contribution in [0.1, 0.15) is 58.3 Å². The molecule has 0 unspecified atom stereocenters. The van der Waals surface area contributed by atoms with Gasteiger partial charge >= 0.3 is 0 Å². The van der Waals surface area contributed by atoms with E-state index < -0.39 is 0 Å². The Labute approximate surface area is 85.7 Å². The second kappa shape index (κ2) is 5.73. The summed E-state index contributed by atoms with van der Waals surface area (Å²) in [5.74, 6) is 0.884. The van der Waals surface area contributed by atoms with Crippen LogP contribution < -0.4 is 0 Å². The average Bonchev–Trinajstić information content (AvgIpc) is 2.61. The van der Waals surface area contributed by atoms with Crippen LogP contribution in [0.2, 0.25) is 0 Å². The largest absolute Gasteiger partial charge is 0.174 e. The van der Waals surface area contributed by atoms with Crippen molar-refractivity contribution in [3.8, 4) is 0 Å². The molecule has 0 N–H and O–H groups in total. The highest BCUT2D eigenvalue weighted by Crippen LogP contribution is 2.04. The lowest BCUT2D eigenvalue weighted by molar-refractivity contribution is 0.453. The Morgan fingerprint density at radius 2 is 2.00 bits per heavy atom. The number of hydrogen-bond acceptors (Lipinski definition) is 3. The van der Waals surface area contributed by atoms with Crippen molar-refractivity contribution in [2.24, 2.45) is 0 Å². The molecule has 0 atom stereocenters. The first-order chi connectivity index (χ1) is 6.74. The van der Waals surface area contributed by atoms with Crippen molar-refractivity contribution in [1.29, 1.82) is 0 Å². The monoisotopic (exact) mass is 196 g/mol. The molecule has 1 rings (SSSR count). The van der Waals surface area contributed by atoms with Crippen molar-refractivity contribution in [3.63, 3.8) is 0 Å². The van der Waals surface area contributed by atoms with Gasteiger partial charge in [-0.1, -0.05) is 26.2 Å². The first-order valence-corrected chi connectivity index (χ1v) is 5.52. The van der Waals surface area contributed by atoms with E-state index in [1.807, 2.05) is 0 Å². The lowest BCUT2D eigenvalue weighted by atomic mass is 10.1. The quantitative estimate of drug-likeness (QED) is 0.656. The third kappa shape index (κ3) is 3.44. The van der Waals surface area contributed by atoms with Crippen LogP contribution >= 0.6 is 0 Å². The van der Waals surface area contributed by atoms with Crippen LogP contribution in [-0.4, -0.2) is 20.2 Å². The molecule has 80 valence electrons. The highest BCUT2D eigenvalue weighted by molar-refractivity contribution is 4.77. The number of aryl methyl sites for hydroxylation is 1. The Morgan fingerprint density at radius 1 is 1.21 bits per heavy atom. The minimum absolute atomic E-state index is 0.312. The standard InChI is InChI=1S/C10H20N4/c1-4-5-6-7-8-10-11-13-14(12-10)9(2)3/h9H,4-8H2,1-3H3. The van der Waals surface area contributed by atoms with Crippen molar-refractivity contribution in [2.45, 2.75) is 58.9 Å². The number of unbranched alkanes of at least 4 members (excludes halogenated alkanes) is 3. The molecule has 0 aliphatic rings. The zero-order chi connectivity index (χ0) is 10.4. The Kier molecular flexibility index (Phi) is 4.56. The van der Waals surface area contributed by atoms with Crippen LogP contribution in [0.4, 0.5) is 0 Å². The Bertz CT molecular complexity index is 254. The van der Waals surface area contributed by atoms with Gasteiger partial charge in [0.15, 0.2) is 5.82 Å². The summed E-state index contributed by atoms with van der Waals surface area (Å²) in [6.07, 6.45) is 5.99. The Balaban J connectivity index is 2.29. The molecule has 0 radical (unpaired) electrons. The molecule has 0 aliphatic heterocycles. The number of rotatable bonds is 6. The van der Waals surface area contributed by atoms with Gasteiger partial charge in [-0.15, -0.1) is 10.2 Å². The van der Waals surface area contributed by atoms with Crippen LogP contribution in [0.25, 0.3) is 0 Å².